The Kier molecular flexibility index (Phi) is 4.34. The van der Waals surface area contributed by atoms with Gasteiger partial charge in [-0.1, -0.05) is 12.2 Å². The standard InChI is InChI=1S/C13H14N2O2/c1-3-5-11(16)10-8-7-9(14)13(15-10)12(17)6-4-2/h3-8H,14H2,1-2H3. The Morgan fingerprint density at radius 1 is 1.12 bits per heavy atom. The van der Waals surface area contributed by atoms with Gasteiger partial charge in [-0.15, -0.1) is 0 Å². The molecule has 0 aromatic carbocycles. The molecule has 2 N–H and O–H groups in total. The third kappa shape index (κ3) is 3.11. The fraction of sp³-hybridized carbons (Fsp3) is 0.154. The van der Waals surface area contributed by atoms with Gasteiger partial charge in [0.1, 0.15) is 11.4 Å². The molecule has 4 heteroatoms. The lowest BCUT2D eigenvalue weighted by molar-refractivity contribution is 0.104. The summed E-state index contributed by atoms with van der Waals surface area (Å²) in [4.78, 5) is 27.2. The van der Waals surface area contributed by atoms with Crippen molar-refractivity contribution in [3.05, 3.63) is 47.8 Å². The monoisotopic (exact) mass is 230 g/mol. The van der Waals surface area contributed by atoms with Crippen LogP contribution in [-0.4, -0.2) is 16.6 Å². The molecule has 0 unspecified atom stereocenters. The number of aromatic nitrogens is 1. The Morgan fingerprint density at radius 3 is 2.29 bits per heavy atom. The summed E-state index contributed by atoms with van der Waals surface area (Å²) in [5.74, 6) is -0.554. The number of ketones is 2. The van der Waals surface area contributed by atoms with Crippen molar-refractivity contribution >= 4 is 17.3 Å². The molecule has 88 valence electrons. The molecular formula is C13H14N2O2. The van der Waals surface area contributed by atoms with E-state index in [1.807, 2.05) is 0 Å². The van der Waals surface area contributed by atoms with Gasteiger partial charge >= 0.3 is 0 Å². The maximum Gasteiger partial charge on any atom is 0.205 e. The van der Waals surface area contributed by atoms with Gasteiger partial charge < -0.3 is 5.73 Å². The third-order valence-corrected chi connectivity index (χ3v) is 2.05. The molecule has 0 spiro atoms. The smallest absolute Gasteiger partial charge is 0.205 e. The summed E-state index contributed by atoms with van der Waals surface area (Å²) in [7, 11) is 0. The minimum absolute atomic E-state index is 0.110. The first-order chi connectivity index (χ1) is 8.10. The second kappa shape index (κ2) is 5.75. The molecule has 1 heterocycles. The first-order valence-electron chi connectivity index (χ1n) is 5.20. The lowest BCUT2D eigenvalue weighted by Gasteiger charge is -2.02. The maximum absolute atomic E-state index is 11.6. The Morgan fingerprint density at radius 2 is 1.71 bits per heavy atom. The minimum atomic E-state index is -0.305. The number of nitrogens with zero attached hydrogens (tertiary/aromatic N) is 1. The van der Waals surface area contributed by atoms with E-state index in [-0.39, 0.29) is 28.6 Å². The average molecular weight is 230 g/mol. The second-order valence-corrected chi connectivity index (χ2v) is 3.36. The van der Waals surface area contributed by atoms with Gasteiger partial charge in [0.25, 0.3) is 0 Å². The van der Waals surface area contributed by atoms with Gasteiger partial charge in [-0.2, -0.15) is 0 Å². The van der Waals surface area contributed by atoms with E-state index in [2.05, 4.69) is 4.98 Å². The molecule has 0 bridgehead atoms. The molecule has 17 heavy (non-hydrogen) atoms. The largest absolute Gasteiger partial charge is 0.397 e. The van der Waals surface area contributed by atoms with E-state index in [1.54, 1.807) is 26.0 Å². The summed E-state index contributed by atoms with van der Waals surface area (Å²) in [5, 5.41) is 0. The highest BCUT2D eigenvalue weighted by atomic mass is 16.1. The van der Waals surface area contributed by atoms with Crippen LogP contribution >= 0.6 is 0 Å². The quantitative estimate of drug-likeness (QED) is 0.635. The van der Waals surface area contributed by atoms with Crippen LogP contribution < -0.4 is 5.73 Å². The Bertz CT molecular complexity index is 502. The van der Waals surface area contributed by atoms with Gasteiger partial charge in [-0.25, -0.2) is 4.98 Å². The lowest BCUT2D eigenvalue weighted by Crippen LogP contribution is -2.08. The number of carbonyl (C=O) groups is 2. The molecule has 0 aliphatic heterocycles. The molecule has 1 rings (SSSR count). The van der Waals surface area contributed by atoms with E-state index in [1.165, 1.54) is 24.3 Å². The molecule has 0 aliphatic carbocycles. The zero-order valence-electron chi connectivity index (χ0n) is 9.81. The summed E-state index contributed by atoms with van der Waals surface area (Å²) < 4.78 is 0. The molecule has 1 aromatic heterocycles. The summed E-state index contributed by atoms with van der Waals surface area (Å²) in [6, 6.07) is 3.02. The van der Waals surface area contributed by atoms with Crippen LogP contribution in [0.25, 0.3) is 0 Å². The summed E-state index contributed by atoms with van der Waals surface area (Å²) in [6.45, 7) is 3.46. The van der Waals surface area contributed by atoms with Crippen LogP contribution in [-0.2, 0) is 0 Å². The van der Waals surface area contributed by atoms with Crippen LogP contribution in [0.2, 0.25) is 0 Å². The van der Waals surface area contributed by atoms with E-state index >= 15 is 0 Å². The van der Waals surface area contributed by atoms with Crippen molar-refractivity contribution in [3.8, 4) is 0 Å². The number of nitrogen functional groups attached to an aromatic ring is 1. The van der Waals surface area contributed by atoms with E-state index in [0.717, 1.165) is 0 Å². The van der Waals surface area contributed by atoms with E-state index in [9.17, 15) is 9.59 Å². The third-order valence-electron chi connectivity index (χ3n) is 2.05. The highest BCUT2D eigenvalue weighted by molar-refractivity contribution is 6.08. The van der Waals surface area contributed by atoms with Crippen molar-refractivity contribution in [2.24, 2.45) is 0 Å². The molecule has 0 saturated heterocycles. The molecule has 0 aliphatic rings. The highest BCUT2D eigenvalue weighted by Crippen LogP contribution is 2.12. The molecule has 0 amide bonds. The summed E-state index contributed by atoms with van der Waals surface area (Å²) in [6.07, 6.45) is 5.97. The molecular weight excluding hydrogens is 216 g/mol. The Labute approximate surface area is 99.9 Å². The summed E-state index contributed by atoms with van der Waals surface area (Å²) in [5.41, 5.74) is 6.24. The molecule has 0 saturated carbocycles. The van der Waals surface area contributed by atoms with Gasteiger partial charge in [-0.05, 0) is 38.1 Å². The van der Waals surface area contributed by atoms with Gasteiger partial charge in [-0.3, -0.25) is 9.59 Å². The van der Waals surface area contributed by atoms with Gasteiger partial charge in [0.15, 0.2) is 0 Å². The normalized spacial score (nSPS) is 11.2. The fourth-order valence-corrected chi connectivity index (χ4v) is 1.27. The van der Waals surface area contributed by atoms with Crippen molar-refractivity contribution < 1.29 is 9.59 Å². The molecule has 0 atom stereocenters. The minimum Gasteiger partial charge on any atom is -0.397 e. The predicted molar refractivity (Wildman–Crippen MR) is 66.9 cm³/mol. The van der Waals surface area contributed by atoms with Crippen LogP contribution in [0, 0.1) is 0 Å². The van der Waals surface area contributed by atoms with Gasteiger partial charge in [0, 0.05) is 0 Å². The second-order valence-electron chi connectivity index (χ2n) is 3.36. The Balaban J connectivity index is 3.19. The van der Waals surface area contributed by atoms with Crippen LogP contribution in [0.5, 0.6) is 0 Å². The lowest BCUT2D eigenvalue weighted by atomic mass is 10.1. The van der Waals surface area contributed by atoms with Crippen molar-refractivity contribution in [2.45, 2.75) is 13.8 Å². The van der Waals surface area contributed by atoms with Crippen molar-refractivity contribution in [2.75, 3.05) is 5.73 Å². The zero-order valence-corrected chi connectivity index (χ0v) is 9.81. The van der Waals surface area contributed by atoms with Crippen LogP contribution in [0.3, 0.4) is 0 Å². The molecule has 1 aromatic rings. The average Bonchev–Trinajstić information content (AvgIpc) is 2.30. The Hall–Kier alpha value is -2.23. The highest BCUT2D eigenvalue weighted by Gasteiger charge is 2.12. The number of hydrogen-bond acceptors (Lipinski definition) is 4. The first-order valence-corrected chi connectivity index (χ1v) is 5.20. The number of nitrogens with two attached hydrogens (primary N) is 1. The van der Waals surface area contributed by atoms with E-state index in [0.29, 0.717) is 0 Å². The predicted octanol–water partition coefficient (Wildman–Crippen LogP) is 2.18. The van der Waals surface area contributed by atoms with Gasteiger partial charge in [0.2, 0.25) is 11.6 Å². The number of hydrogen-bond donors (Lipinski definition) is 1. The van der Waals surface area contributed by atoms with Crippen molar-refractivity contribution in [3.63, 3.8) is 0 Å². The molecule has 0 radical (unpaired) electrons. The zero-order chi connectivity index (χ0) is 12.8. The van der Waals surface area contributed by atoms with Crippen molar-refractivity contribution in [1.82, 2.24) is 4.98 Å². The van der Waals surface area contributed by atoms with E-state index in [4.69, 9.17) is 5.73 Å². The number of allylic oxidation sites excluding steroid dienone is 4. The van der Waals surface area contributed by atoms with Crippen LogP contribution in [0.4, 0.5) is 5.69 Å². The van der Waals surface area contributed by atoms with Crippen LogP contribution in [0.1, 0.15) is 34.8 Å². The van der Waals surface area contributed by atoms with E-state index < -0.39 is 0 Å². The van der Waals surface area contributed by atoms with Crippen molar-refractivity contribution in [1.29, 1.82) is 0 Å². The first kappa shape index (κ1) is 12.8. The molecule has 4 nitrogen and oxygen atoms in total. The topological polar surface area (TPSA) is 73.1 Å². The van der Waals surface area contributed by atoms with Crippen LogP contribution in [0.15, 0.2) is 36.4 Å². The molecule has 0 fully saturated rings. The maximum atomic E-state index is 11.6. The summed E-state index contributed by atoms with van der Waals surface area (Å²) >= 11 is 0. The number of anilines is 1. The fourth-order valence-electron chi connectivity index (χ4n) is 1.27. The number of carbonyl (C=O) groups excluding carboxylic acids is 2. The SMILES string of the molecule is CC=CC(=O)c1ccc(N)c(C(=O)C=CC)n1. The van der Waals surface area contributed by atoms with Gasteiger partial charge in [0.05, 0.1) is 5.69 Å². The number of pyridine rings is 1. The number of rotatable bonds is 4.